The number of piperidine rings is 1. The molecule has 3 aliphatic rings. The van der Waals surface area contributed by atoms with Gasteiger partial charge in [0.2, 0.25) is 5.95 Å². The van der Waals surface area contributed by atoms with Crippen molar-refractivity contribution < 1.29 is 37.0 Å². The van der Waals surface area contributed by atoms with Crippen molar-refractivity contribution in [2.24, 2.45) is 23.7 Å². The number of aromatic nitrogens is 5. The van der Waals surface area contributed by atoms with Gasteiger partial charge in [0.15, 0.2) is 17.3 Å². The Bertz CT molecular complexity index is 2040. The van der Waals surface area contributed by atoms with Gasteiger partial charge in [-0.1, -0.05) is 27.7 Å². The first-order valence-electron chi connectivity index (χ1n) is 19.3. The number of hydrogen-bond donors (Lipinski definition) is 2. The number of nitrogens with zero attached hydrogens (tertiary/aromatic N) is 6. The Kier molecular flexibility index (Phi) is 10.5. The van der Waals surface area contributed by atoms with Crippen LogP contribution in [0, 0.1) is 29.5 Å². The molecule has 4 aromatic rings. The van der Waals surface area contributed by atoms with Crippen LogP contribution in [0.25, 0.3) is 22.3 Å². The molecular formula is C40H47F4N7O4. The van der Waals surface area contributed by atoms with Gasteiger partial charge in [0, 0.05) is 61.4 Å². The molecule has 55 heavy (non-hydrogen) atoms. The minimum absolute atomic E-state index is 0.0179. The summed E-state index contributed by atoms with van der Waals surface area (Å²) >= 11 is 0. The zero-order chi connectivity index (χ0) is 39.2. The molecule has 4 heterocycles. The summed E-state index contributed by atoms with van der Waals surface area (Å²) < 4.78 is 66.1. The van der Waals surface area contributed by atoms with Crippen LogP contribution in [0.2, 0.25) is 0 Å². The molecule has 5 unspecified atom stereocenters. The number of carboxylic acids is 1. The Morgan fingerprint density at radius 1 is 1.02 bits per heavy atom. The standard InChI is InChI=1S/C40H47F4N7O4/c1-5-27(6-2)51-21-32(30-8-7-29(17-33(30)51)55-28-9-11-50(12-10-28)38-46-18-26(41)19-47-38)35-45-20-31(34(48-35)40(42,43)44)36(52)49-39(37(53)54)23(4)15-24-13-22(3)14-25(39)16-24/h7-8,17-25,27-28H,5-6,9-16H2,1-4H3,(H,49,52)(H,53,54). The molecule has 2 bridgehead atoms. The van der Waals surface area contributed by atoms with E-state index in [2.05, 4.69) is 25.3 Å². The number of nitrogens with one attached hydrogen (secondary N) is 1. The summed E-state index contributed by atoms with van der Waals surface area (Å²) in [6, 6.07) is 5.46. The summed E-state index contributed by atoms with van der Waals surface area (Å²) in [5, 5.41) is 13.8. The summed E-state index contributed by atoms with van der Waals surface area (Å²) in [6.07, 6.45) is 5.34. The SMILES string of the molecule is CCC(CC)n1cc(-c2ncc(C(=O)NC3(C(=O)O)C(C)CC4CC(C)CC3C4)c(C(F)(F)F)n2)c2ccc(OC3CCN(c4ncc(F)cn4)CC3)cc21. The van der Waals surface area contributed by atoms with E-state index in [4.69, 9.17) is 4.74 Å². The lowest BCUT2D eigenvalue weighted by molar-refractivity contribution is -0.155. The second-order valence-electron chi connectivity index (χ2n) is 15.7. The highest BCUT2D eigenvalue weighted by atomic mass is 19.4. The van der Waals surface area contributed by atoms with Crippen molar-refractivity contribution in [3.63, 3.8) is 0 Å². The molecule has 1 aliphatic heterocycles. The molecule has 3 aromatic heterocycles. The fourth-order valence-corrected chi connectivity index (χ4v) is 9.51. The predicted molar refractivity (Wildman–Crippen MR) is 197 cm³/mol. The van der Waals surface area contributed by atoms with Crippen LogP contribution in [-0.4, -0.2) is 66.2 Å². The van der Waals surface area contributed by atoms with Crippen molar-refractivity contribution in [2.45, 2.75) is 103 Å². The van der Waals surface area contributed by atoms with Crippen LogP contribution in [0.4, 0.5) is 23.5 Å². The van der Waals surface area contributed by atoms with Crippen molar-refractivity contribution in [1.82, 2.24) is 29.8 Å². The average molecular weight is 766 g/mol. The number of hydrogen-bond acceptors (Lipinski definition) is 8. The minimum Gasteiger partial charge on any atom is -0.490 e. The molecule has 2 aliphatic carbocycles. The molecule has 15 heteroatoms. The lowest BCUT2D eigenvalue weighted by Gasteiger charge is -2.52. The normalized spacial score (nSPS) is 24.6. The summed E-state index contributed by atoms with van der Waals surface area (Å²) in [5.41, 5.74) is -2.84. The fraction of sp³-hybridized carbons (Fsp3) is 0.550. The number of ether oxygens (including phenoxy) is 1. The van der Waals surface area contributed by atoms with E-state index in [9.17, 15) is 32.3 Å². The van der Waals surface area contributed by atoms with Gasteiger partial charge in [-0.25, -0.2) is 29.1 Å². The number of anilines is 1. The summed E-state index contributed by atoms with van der Waals surface area (Å²) in [6.45, 7) is 9.12. The third-order valence-electron chi connectivity index (χ3n) is 12.1. The molecule has 2 saturated carbocycles. The second kappa shape index (κ2) is 15.0. The van der Waals surface area contributed by atoms with E-state index in [1.54, 1.807) is 25.3 Å². The third kappa shape index (κ3) is 7.33. The largest absolute Gasteiger partial charge is 0.490 e. The van der Waals surface area contributed by atoms with E-state index in [1.165, 1.54) is 0 Å². The molecule has 1 aromatic carbocycles. The van der Waals surface area contributed by atoms with Crippen LogP contribution in [0.3, 0.4) is 0 Å². The molecule has 0 radical (unpaired) electrons. The maximum absolute atomic E-state index is 14.8. The van der Waals surface area contributed by atoms with Gasteiger partial charge < -0.3 is 24.6 Å². The molecule has 1 saturated heterocycles. The molecular weight excluding hydrogens is 718 g/mol. The van der Waals surface area contributed by atoms with Crippen LogP contribution >= 0.6 is 0 Å². The fourth-order valence-electron chi connectivity index (χ4n) is 9.51. The van der Waals surface area contributed by atoms with Crippen molar-refractivity contribution in [3.05, 3.63) is 60.1 Å². The van der Waals surface area contributed by atoms with Gasteiger partial charge in [0.05, 0.1) is 23.5 Å². The van der Waals surface area contributed by atoms with Gasteiger partial charge in [-0.3, -0.25) is 4.79 Å². The van der Waals surface area contributed by atoms with Crippen LogP contribution in [0.15, 0.2) is 43.0 Å². The van der Waals surface area contributed by atoms with Crippen molar-refractivity contribution in [3.8, 4) is 17.1 Å². The Hall–Kier alpha value is -4.82. The van der Waals surface area contributed by atoms with Gasteiger partial charge in [-0.15, -0.1) is 0 Å². The van der Waals surface area contributed by atoms with Crippen LogP contribution in [0.1, 0.15) is 101 Å². The molecule has 7 rings (SSSR count). The number of rotatable bonds is 10. The molecule has 2 N–H and O–H groups in total. The highest BCUT2D eigenvalue weighted by Gasteiger charge is 2.57. The molecule has 294 valence electrons. The topological polar surface area (TPSA) is 135 Å². The first-order valence-corrected chi connectivity index (χ1v) is 19.3. The van der Waals surface area contributed by atoms with E-state index in [0.29, 0.717) is 73.8 Å². The Labute approximate surface area is 316 Å². The van der Waals surface area contributed by atoms with Gasteiger partial charge in [0.25, 0.3) is 5.91 Å². The number of carbonyl (C=O) groups excluding carboxylic acids is 1. The number of amides is 1. The maximum Gasteiger partial charge on any atom is 0.434 e. The zero-order valence-corrected chi connectivity index (χ0v) is 31.4. The number of carbonyl (C=O) groups is 2. The monoisotopic (exact) mass is 765 g/mol. The molecule has 3 fully saturated rings. The van der Waals surface area contributed by atoms with Crippen molar-refractivity contribution >= 4 is 28.7 Å². The van der Waals surface area contributed by atoms with Crippen LogP contribution < -0.4 is 15.0 Å². The van der Waals surface area contributed by atoms with E-state index >= 15 is 0 Å². The smallest absolute Gasteiger partial charge is 0.434 e. The summed E-state index contributed by atoms with van der Waals surface area (Å²) in [7, 11) is 0. The number of alkyl halides is 3. The molecule has 11 nitrogen and oxygen atoms in total. The number of fused-ring (bicyclic) bond motifs is 3. The highest BCUT2D eigenvalue weighted by Crippen LogP contribution is 2.50. The number of benzene rings is 1. The highest BCUT2D eigenvalue weighted by molar-refractivity contribution is 6.00. The van der Waals surface area contributed by atoms with Crippen molar-refractivity contribution in [1.29, 1.82) is 0 Å². The minimum atomic E-state index is -5.03. The Balaban J connectivity index is 1.19. The summed E-state index contributed by atoms with van der Waals surface area (Å²) in [5.74, 6) is -2.35. The third-order valence-corrected chi connectivity index (χ3v) is 12.1. The van der Waals surface area contributed by atoms with E-state index < -0.39 is 52.5 Å². The van der Waals surface area contributed by atoms with Crippen LogP contribution in [-0.2, 0) is 11.0 Å². The number of carboxylic acid groups (broad SMARTS) is 1. The molecule has 0 spiro atoms. The first kappa shape index (κ1) is 38.5. The van der Waals surface area contributed by atoms with E-state index in [1.807, 2.05) is 36.3 Å². The average Bonchev–Trinajstić information content (AvgIpc) is 3.52. The maximum atomic E-state index is 14.8. The summed E-state index contributed by atoms with van der Waals surface area (Å²) in [4.78, 5) is 45.2. The van der Waals surface area contributed by atoms with Crippen molar-refractivity contribution in [2.75, 3.05) is 18.0 Å². The molecule has 1 amide bonds. The van der Waals surface area contributed by atoms with Gasteiger partial charge in [-0.05, 0) is 74.3 Å². The lowest BCUT2D eigenvalue weighted by atomic mass is 9.56. The quantitative estimate of drug-likeness (QED) is 0.154. The number of aliphatic carboxylic acids is 1. The first-order chi connectivity index (χ1) is 26.2. The van der Waals surface area contributed by atoms with Crippen LogP contribution in [0.5, 0.6) is 5.75 Å². The second-order valence-corrected chi connectivity index (χ2v) is 15.7. The Morgan fingerprint density at radius 2 is 1.73 bits per heavy atom. The van der Waals surface area contributed by atoms with Gasteiger partial charge in [-0.2, -0.15) is 13.2 Å². The molecule has 5 atom stereocenters. The van der Waals surface area contributed by atoms with Gasteiger partial charge in [0.1, 0.15) is 17.4 Å². The zero-order valence-electron chi connectivity index (χ0n) is 31.4. The van der Waals surface area contributed by atoms with Gasteiger partial charge >= 0.3 is 12.1 Å². The Morgan fingerprint density at radius 3 is 2.38 bits per heavy atom. The number of halogens is 4. The lowest BCUT2D eigenvalue weighted by Crippen LogP contribution is -2.66. The van der Waals surface area contributed by atoms with E-state index in [-0.39, 0.29) is 23.9 Å². The predicted octanol–water partition coefficient (Wildman–Crippen LogP) is 8.10. The van der Waals surface area contributed by atoms with E-state index in [0.717, 1.165) is 43.4 Å².